The van der Waals surface area contributed by atoms with Gasteiger partial charge in [-0.1, -0.05) is 12.1 Å². The van der Waals surface area contributed by atoms with Crippen molar-refractivity contribution in [1.82, 2.24) is 9.80 Å². The first-order valence-electron chi connectivity index (χ1n) is 9.40. The van der Waals surface area contributed by atoms with Crippen molar-refractivity contribution in [2.45, 2.75) is 32.2 Å². The molecular formula is C20H27FN2O3. The highest BCUT2D eigenvalue weighted by Crippen LogP contribution is 2.25. The summed E-state index contributed by atoms with van der Waals surface area (Å²) in [4.78, 5) is 28.6. The zero-order valence-electron chi connectivity index (χ0n) is 15.3. The van der Waals surface area contributed by atoms with Gasteiger partial charge in [0, 0.05) is 25.6 Å². The number of amides is 1. The van der Waals surface area contributed by atoms with Gasteiger partial charge in [0.15, 0.2) is 0 Å². The van der Waals surface area contributed by atoms with E-state index in [-0.39, 0.29) is 29.5 Å². The van der Waals surface area contributed by atoms with Crippen molar-refractivity contribution < 1.29 is 18.7 Å². The highest BCUT2D eigenvalue weighted by atomic mass is 19.1. The molecule has 2 saturated heterocycles. The van der Waals surface area contributed by atoms with E-state index in [1.54, 1.807) is 0 Å². The van der Waals surface area contributed by atoms with Gasteiger partial charge in [0.1, 0.15) is 5.82 Å². The number of hydrogen-bond acceptors (Lipinski definition) is 4. The Morgan fingerprint density at radius 2 is 1.58 bits per heavy atom. The molecule has 2 aliphatic heterocycles. The number of hydrogen-bond donors (Lipinski definition) is 0. The van der Waals surface area contributed by atoms with Crippen molar-refractivity contribution in [3.8, 4) is 0 Å². The Balaban J connectivity index is 1.44. The highest BCUT2D eigenvalue weighted by molar-refractivity contribution is 5.79. The second-order valence-electron chi connectivity index (χ2n) is 7.30. The summed E-state index contributed by atoms with van der Waals surface area (Å²) in [6.07, 6.45) is 3.11. The number of rotatable bonds is 4. The zero-order chi connectivity index (χ0) is 18.5. The minimum Gasteiger partial charge on any atom is -0.469 e. The van der Waals surface area contributed by atoms with E-state index in [2.05, 4.69) is 4.90 Å². The molecule has 0 bridgehead atoms. The molecule has 142 valence electrons. The minimum absolute atomic E-state index is 0.0680. The zero-order valence-corrected chi connectivity index (χ0v) is 15.3. The molecule has 1 amide bonds. The number of likely N-dealkylation sites (tertiary alicyclic amines) is 2. The lowest BCUT2D eigenvalue weighted by molar-refractivity contribution is -0.150. The van der Waals surface area contributed by atoms with E-state index < -0.39 is 0 Å². The van der Waals surface area contributed by atoms with E-state index in [9.17, 15) is 14.0 Å². The third kappa shape index (κ3) is 4.61. The van der Waals surface area contributed by atoms with Crippen LogP contribution >= 0.6 is 0 Å². The Kier molecular flexibility index (Phi) is 6.25. The Morgan fingerprint density at radius 1 is 1.00 bits per heavy atom. The first-order valence-corrected chi connectivity index (χ1v) is 9.40. The molecule has 5 nitrogen and oxygen atoms in total. The SMILES string of the molecule is COC(=O)C1CCN(C(=O)C2CCN(Cc3ccc(F)cc3)CC2)CC1. The molecule has 0 N–H and O–H groups in total. The van der Waals surface area contributed by atoms with Crippen LogP contribution in [0.5, 0.6) is 0 Å². The molecule has 0 saturated carbocycles. The molecule has 26 heavy (non-hydrogen) atoms. The van der Waals surface area contributed by atoms with Gasteiger partial charge in [0.05, 0.1) is 13.0 Å². The van der Waals surface area contributed by atoms with Gasteiger partial charge < -0.3 is 9.64 Å². The summed E-state index contributed by atoms with van der Waals surface area (Å²) >= 11 is 0. The largest absolute Gasteiger partial charge is 0.469 e. The Morgan fingerprint density at radius 3 is 2.15 bits per heavy atom. The molecule has 2 aliphatic rings. The molecule has 0 aromatic heterocycles. The van der Waals surface area contributed by atoms with Crippen LogP contribution < -0.4 is 0 Å². The number of ether oxygens (including phenoxy) is 1. The van der Waals surface area contributed by atoms with Crippen LogP contribution in [0, 0.1) is 17.7 Å². The Labute approximate surface area is 154 Å². The molecule has 2 heterocycles. The van der Waals surface area contributed by atoms with Gasteiger partial charge in [-0.3, -0.25) is 14.5 Å². The van der Waals surface area contributed by atoms with E-state index in [4.69, 9.17) is 4.74 Å². The van der Waals surface area contributed by atoms with Gasteiger partial charge in [-0.15, -0.1) is 0 Å². The summed E-state index contributed by atoms with van der Waals surface area (Å²) < 4.78 is 17.8. The number of carbonyl (C=O) groups excluding carboxylic acids is 2. The second-order valence-corrected chi connectivity index (χ2v) is 7.30. The van der Waals surface area contributed by atoms with Gasteiger partial charge in [-0.25, -0.2) is 4.39 Å². The van der Waals surface area contributed by atoms with E-state index in [1.165, 1.54) is 19.2 Å². The highest BCUT2D eigenvalue weighted by Gasteiger charge is 2.32. The number of esters is 1. The van der Waals surface area contributed by atoms with Crippen molar-refractivity contribution >= 4 is 11.9 Å². The summed E-state index contributed by atoms with van der Waals surface area (Å²) in [5, 5.41) is 0. The van der Waals surface area contributed by atoms with E-state index in [1.807, 2.05) is 17.0 Å². The van der Waals surface area contributed by atoms with Crippen LogP contribution in [0.25, 0.3) is 0 Å². The molecule has 3 rings (SSSR count). The predicted octanol–water partition coefficient (Wildman–Crippen LogP) is 2.45. The summed E-state index contributed by atoms with van der Waals surface area (Å²) in [7, 11) is 1.42. The topological polar surface area (TPSA) is 49.9 Å². The molecule has 0 atom stereocenters. The smallest absolute Gasteiger partial charge is 0.308 e. The molecule has 0 aliphatic carbocycles. The Hall–Kier alpha value is -1.95. The molecule has 2 fully saturated rings. The quantitative estimate of drug-likeness (QED) is 0.772. The normalized spacial score (nSPS) is 20.2. The monoisotopic (exact) mass is 362 g/mol. The van der Waals surface area contributed by atoms with Gasteiger partial charge in [0.2, 0.25) is 5.91 Å². The summed E-state index contributed by atoms with van der Waals surface area (Å²) in [6, 6.07) is 6.61. The van der Waals surface area contributed by atoms with Crippen molar-refractivity contribution in [2.24, 2.45) is 11.8 Å². The maximum atomic E-state index is 13.0. The van der Waals surface area contributed by atoms with Gasteiger partial charge >= 0.3 is 5.97 Å². The van der Waals surface area contributed by atoms with Crippen LogP contribution in [-0.2, 0) is 20.9 Å². The van der Waals surface area contributed by atoms with Crippen LogP contribution in [0.3, 0.4) is 0 Å². The minimum atomic E-state index is -0.214. The van der Waals surface area contributed by atoms with Gasteiger partial charge in [0.25, 0.3) is 0 Å². The molecule has 0 unspecified atom stereocenters. The number of piperidine rings is 2. The van der Waals surface area contributed by atoms with E-state index in [0.717, 1.165) is 38.0 Å². The number of methoxy groups -OCH3 is 1. The van der Waals surface area contributed by atoms with Crippen LogP contribution in [0.4, 0.5) is 4.39 Å². The summed E-state index contributed by atoms with van der Waals surface area (Å²) in [5.74, 6) is -0.134. The molecule has 0 radical (unpaired) electrons. The van der Waals surface area contributed by atoms with Crippen LogP contribution in [0.2, 0.25) is 0 Å². The van der Waals surface area contributed by atoms with Crippen molar-refractivity contribution in [3.63, 3.8) is 0 Å². The second kappa shape index (κ2) is 8.62. The van der Waals surface area contributed by atoms with Crippen LogP contribution in [0.1, 0.15) is 31.2 Å². The summed E-state index contributed by atoms with van der Waals surface area (Å²) in [6.45, 7) is 3.85. The van der Waals surface area contributed by atoms with Crippen molar-refractivity contribution in [2.75, 3.05) is 33.3 Å². The molecular weight excluding hydrogens is 335 g/mol. The van der Waals surface area contributed by atoms with E-state index in [0.29, 0.717) is 25.9 Å². The standard InChI is InChI=1S/C20H27FN2O3/c1-26-20(25)17-8-12-23(13-9-17)19(24)16-6-10-22(11-7-16)14-15-2-4-18(21)5-3-15/h2-5,16-17H,6-14H2,1H3. The lowest BCUT2D eigenvalue weighted by Crippen LogP contribution is -2.46. The number of carbonyl (C=O) groups is 2. The molecule has 1 aromatic carbocycles. The maximum absolute atomic E-state index is 13.0. The Bertz CT molecular complexity index is 618. The van der Waals surface area contributed by atoms with Gasteiger partial charge in [-0.05, 0) is 56.5 Å². The fourth-order valence-corrected chi connectivity index (χ4v) is 3.95. The average Bonchev–Trinajstić information content (AvgIpc) is 2.69. The average molecular weight is 362 g/mol. The lowest BCUT2D eigenvalue weighted by atomic mass is 9.92. The first kappa shape index (κ1) is 18.8. The fourth-order valence-electron chi connectivity index (χ4n) is 3.95. The molecule has 1 aromatic rings. The maximum Gasteiger partial charge on any atom is 0.308 e. The van der Waals surface area contributed by atoms with Crippen LogP contribution in [0.15, 0.2) is 24.3 Å². The third-order valence-corrected chi connectivity index (χ3v) is 5.60. The van der Waals surface area contributed by atoms with Gasteiger partial charge in [-0.2, -0.15) is 0 Å². The third-order valence-electron chi connectivity index (χ3n) is 5.60. The number of halogens is 1. The summed E-state index contributed by atoms with van der Waals surface area (Å²) in [5.41, 5.74) is 1.10. The first-order chi connectivity index (χ1) is 12.6. The molecule has 6 heteroatoms. The van der Waals surface area contributed by atoms with Crippen molar-refractivity contribution in [3.05, 3.63) is 35.6 Å². The lowest BCUT2D eigenvalue weighted by Gasteiger charge is -2.36. The number of benzene rings is 1. The predicted molar refractivity (Wildman–Crippen MR) is 95.7 cm³/mol. The number of nitrogens with zero attached hydrogens (tertiary/aromatic N) is 2. The fraction of sp³-hybridized carbons (Fsp3) is 0.600. The van der Waals surface area contributed by atoms with E-state index >= 15 is 0 Å². The van der Waals surface area contributed by atoms with Crippen molar-refractivity contribution in [1.29, 1.82) is 0 Å². The van der Waals surface area contributed by atoms with Crippen LogP contribution in [-0.4, -0.2) is 55.0 Å². The molecule has 0 spiro atoms.